The third kappa shape index (κ3) is 2.29. The van der Waals surface area contributed by atoms with Crippen molar-refractivity contribution in [2.24, 2.45) is 5.14 Å². The highest BCUT2D eigenvalue weighted by atomic mass is 35.5. The summed E-state index contributed by atoms with van der Waals surface area (Å²) in [7, 11) is -3.85. The average Bonchev–Trinajstić information content (AvgIpc) is 2.91. The molecular formula is C10H6Cl2N4O2S2. The predicted octanol–water partition coefficient (Wildman–Crippen LogP) is 2.41. The van der Waals surface area contributed by atoms with E-state index < -0.39 is 10.0 Å². The molecule has 2 aromatic heterocycles. The van der Waals surface area contributed by atoms with E-state index in [2.05, 4.69) is 10.1 Å². The summed E-state index contributed by atoms with van der Waals surface area (Å²) in [5, 5.41) is 9.83. The minimum atomic E-state index is -3.85. The number of sulfonamides is 1. The molecule has 10 heteroatoms. The SMILES string of the molecule is NS(=O)(=O)c1nn2c(-c3ccc(Cl)c(Cl)c3)cnc2s1. The van der Waals surface area contributed by atoms with Crippen molar-refractivity contribution < 1.29 is 8.42 Å². The van der Waals surface area contributed by atoms with Crippen LogP contribution < -0.4 is 5.14 Å². The van der Waals surface area contributed by atoms with Gasteiger partial charge in [0, 0.05) is 5.56 Å². The summed E-state index contributed by atoms with van der Waals surface area (Å²) >= 11 is 12.7. The van der Waals surface area contributed by atoms with Crippen LogP contribution in [0.2, 0.25) is 10.0 Å². The van der Waals surface area contributed by atoms with E-state index in [1.807, 2.05) is 0 Å². The maximum Gasteiger partial charge on any atom is 0.267 e. The van der Waals surface area contributed by atoms with Crippen molar-refractivity contribution in [1.29, 1.82) is 0 Å². The lowest BCUT2D eigenvalue weighted by molar-refractivity contribution is 0.595. The Morgan fingerprint density at radius 1 is 1.25 bits per heavy atom. The molecule has 0 atom stereocenters. The van der Waals surface area contributed by atoms with Gasteiger partial charge in [0.1, 0.15) is 0 Å². The van der Waals surface area contributed by atoms with E-state index in [-0.39, 0.29) is 4.34 Å². The van der Waals surface area contributed by atoms with Crippen LogP contribution in [0.5, 0.6) is 0 Å². The first-order chi connectivity index (χ1) is 9.36. The molecule has 0 fully saturated rings. The molecule has 0 saturated heterocycles. The number of rotatable bonds is 2. The molecule has 0 aliphatic carbocycles. The van der Waals surface area contributed by atoms with Gasteiger partial charge in [-0.25, -0.2) is 23.1 Å². The third-order valence-corrected chi connectivity index (χ3v) is 5.50. The van der Waals surface area contributed by atoms with Gasteiger partial charge in [-0.1, -0.05) is 40.6 Å². The van der Waals surface area contributed by atoms with Gasteiger partial charge in [-0.3, -0.25) is 0 Å². The minimum absolute atomic E-state index is 0.193. The van der Waals surface area contributed by atoms with Gasteiger partial charge in [0.25, 0.3) is 10.0 Å². The Balaban J connectivity index is 2.21. The van der Waals surface area contributed by atoms with E-state index in [1.165, 1.54) is 4.52 Å². The second-order valence-electron chi connectivity index (χ2n) is 3.88. The van der Waals surface area contributed by atoms with Crippen molar-refractivity contribution in [2.45, 2.75) is 4.34 Å². The molecule has 20 heavy (non-hydrogen) atoms. The van der Waals surface area contributed by atoms with Crippen LogP contribution in [0, 0.1) is 0 Å². The first-order valence-electron chi connectivity index (χ1n) is 5.19. The molecule has 0 aliphatic rings. The molecule has 6 nitrogen and oxygen atoms in total. The quantitative estimate of drug-likeness (QED) is 0.769. The maximum atomic E-state index is 11.3. The highest BCUT2D eigenvalue weighted by Crippen LogP contribution is 2.30. The van der Waals surface area contributed by atoms with Crippen molar-refractivity contribution in [3.8, 4) is 11.3 Å². The number of aromatic nitrogens is 3. The number of primary sulfonamides is 1. The molecule has 3 rings (SSSR count). The van der Waals surface area contributed by atoms with Gasteiger partial charge in [-0.05, 0) is 12.1 Å². The van der Waals surface area contributed by atoms with E-state index >= 15 is 0 Å². The summed E-state index contributed by atoms with van der Waals surface area (Å²) in [4.78, 5) is 4.53. The third-order valence-electron chi connectivity index (χ3n) is 2.53. The Morgan fingerprint density at radius 2 is 2.00 bits per heavy atom. The maximum absolute atomic E-state index is 11.3. The number of fused-ring (bicyclic) bond motifs is 1. The molecule has 3 aromatic rings. The molecule has 0 aliphatic heterocycles. The summed E-state index contributed by atoms with van der Waals surface area (Å²) in [5.74, 6) is 0. The number of hydrogen-bond donors (Lipinski definition) is 1. The minimum Gasteiger partial charge on any atom is -0.225 e. The standard InChI is InChI=1S/C10H6Cl2N4O2S2/c11-6-2-1-5(3-7(6)12)8-4-14-9-16(8)15-10(19-9)20(13,17)18/h1-4H,(H2,13,17,18). The first kappa shape index (κ1) is 13.8. The molecule has 1 aromatic carbocycles. The summed E-state index contributed by atoms with van der Waals surface area (Å²) in [6.45, 7) is 0. The van der Waals surface area contributed by atoms with Crippen molar-refractivity contribution in [1.82, 2.24) is 14.6 Å². The van der Waals surface area contributed by atoms with E-state index in [0.717, 1.165) is 16.9 Å². The Labute approximate surface area is 127 Å². The zero-order chi connectivity index (χ0) is 14.5. The van der Waals surface area contributed by atoms with Crippen LogP contribution in [-0.4, -0.2) is 23.0 Å². The summed E-state index contributed by atoms with van der Waals surface area (Å²) < 4.78 is 23.8. The second-order valence-corrected chi connectivity index (χ2v) is 7.39. The van der Waals surface area contributed by atoms with Crippen molar-refractivity contribution in [2.75, 3.05) is 0 Å². The van der Waals surface area contributed by atoms with E-state index in [4.69, 9.17) is 28.3 Å². The molecule has 0 unspecified atom stereocenters. The number of nitrogens with two attached hydrogens (primary N) is 1. The predicted molar refractivity (Wildman–Crippen MR) is 77.7 cm³/mol. The number of halogens is 2. The van der Waals surface area contributed by atoms with Crippen LogP contribution in [0.25, 0.3) is 16.2 Å². The average molecular weight is 349 g/mol. The van der Waals surface area contributed by atoms with Crippen molar-refractivity contribution in [3.63, 3.8) is 0 Å². The Morgan fingerprint density at radius 3 is 2.65 bits per heavy atom. The van der Waals surface area contributed by atoms with Crippen LogP contribution in [0.4, 0.5) is 0 Å². The first-order valence-corrected chi connectivity index (χ1v) is 8.31. The zero-order valence-corrected chi connectivity index (χ0v) is 12.8. The van der Waals surface area contributed by atoms with Gasteiger partial charge >= 0.3 is 0 Å². The number of benzene rings is 1. The van der Waals surface area contributed by atoms with Gasteiger partial charge in [0.05, 0.1) is 21.9 Å². The highest BCUT2D eigenvalue weighted by Gasteiger charge is 2.18. The monoisotopic (exact) mass is 348 g/mol. The Kier molecular flexibility index (Phi) is 3.22. The van der Waals surface area contributed by atoms with Crippen LogP contribution in [0.3, 0.4) is 0 Å². The number of nitrogens with zero attached hydrogens (tertiary/aromatic N) is 3. The van der Waals surface area contributed by atoms with Crippen LogP contribution >= 0.6 is 34.5 Å². The molecular weight excluding hydrogens is 343 g/mol. The lowest BCUT2D eigenvalue weighted by Crippen LogP contribution is -2.12. The molecule has 0 amide bonds. The fourth-order valence-corrected chi connectivity index (χ4v) is 3.43. The molecule has 104 valence electrons. The van der Waals surface area contributed by atoms with Gasteiger partial charge in [0.15, 0.2) is 0 Å². The van der Waals surface area contributed by atoms with Gasteiger partial charge in [0.2, 0.25) is 9.30 Å². The molecule has 0 radical (unpaired) electrons. The van der Waals surface area contributed by atoms with Crippen LogP contribution in [0.1, 0.15) is 0 Å². The molecule has 2 N–H and O–H groups in total. The van der Waals surface area contributed by atoms with E-state index in [9.17, 15) is 8.42 Å². The fourth-order valence-electron chi connectivity index (χ4n) is 1.64. The smallest absolute Gasteiger partial charge is 0.225 e. The second kappa shape index (κ2) is 4.68. The summed E-state index contributed by atoms with van der Waals surface area (Å²) in [6.07, 6.45) is 1.57. The molecule has 0 bridgehead atoms. The summed E-state index contributed by atoms with van der Waals surface area (Å²) in [5.41, 5.74) is 1.32. The summed E-state index contributed by atoms with van der Waals surface area (Å²) in [6, 6.07) is 5.04. The van der Waals surface area contributed by atoms with Crippen LogP contribution in [-0.2, 0) is 10.0 Å². The fraction of sp³-hybridized carbons (Fsp3) is 0. The lowest BCUT2D eigenvalue weighted by Gasteiger charge is -2.01. The Hall–Kier alpha value is -1.19. The topological polar surface area (TPSA) is 90.4 Å². The molecule has 0 saturated carbocycles. The number of hydrogen-bond acceptors (Lipinski definition) is 5. The number of imidazole rings is 1. The molecule has 2 heterocycles. The van der Waals surface area contributed by atoms with Crippen LogP contribution in [0.15, 0.2) is 28.7 Å². The highest BCUT2D eigenvalue weighted by molar-refractivity contribution is 7.91. The van der Waals surface area contributed by atoms with Crippen molar-refractivity contribution >= 4 is 49.5 Å². The van der Waals surface area contributed by atoms with Gasteiger partial charge < -0.3 is 0 Å². The van der Waals surface area contributed by atoms with E-state index in [0.29, 0.717) is 20.7 Å². The normalized spacial score (nSPS) is 12.2. The Bertz CT molecular complexity index is 917. The van der Waals surface area contributed by atoms with E-state index in [1.54, 1.807) is 24.4 Å². The lowest BCUT2D eigenvalue weighted by atomic mass is 10.2. The largest absolute Gasteiger partial charge is 0.267 e. The van der Waals surface area contributed by atoms with Crippen molar-refractivity contribution in [3.05, 3.63) is 34.4 Å². The van der Waals surface area contributed by atoms with Gasteiger partial charge in [-0.2, -0.15) is 0 Å². The van der Waals surface area contributed by atoms with Gasteiger partial charge in [-0.15, -0.1) is 5.10 Å². The molecule has 0 spiro atoms. The zero-order valence-electron chi connectivity index (χ0n) is 9.62.